The zero-order valence-corrected chi connectivity index (χ0v) is 12.1. The van der Waals surface area contributed by atoms with Gasteiger partial charge >= 0.3 is 5.97 Å². The molecule has 1 heterocycles. The Morgan fingerprint density at radius 2 is 2.19 bits per heavy atom. The summed E-state index contributed by atoms with van der Waals surface area (Å²) in [5, 5.41) is 11.5. The monoisotopic (exact) mass is 289 g/mol. The van der Waals surface area contributed by atoms with Crippen molar-refractivity contribution >= 4 is 23.6 Å². The summed E-state index contributed by atoms with van der Waals surface area (Å²) >= 11 is 0. The van der Waals surface area contributed by atoms with Crippen molar-refractivity contribution < 1.29 is 19.4 Å². The molecule has 1 fully saturated rings. The molecule has 2 N–H and O–H groups in total. The highest BCUT2D eigenvalue weighted by Crippen LogP contribution is 2.22. The van der Waals surface area contributed by atoms with Crippen molar-refractivity contribution in [1.82, 2.24) is 0 Å². The minimum atomic E-state index is -0.999. The third-order valence-electron chi connectivity index (χ3n) is 3.52. The Hall–Kier alpha value is -2.14. The van der Waals surface area contributed by atoms with Gasteiger partial charge in [0.1, 0.15) is 0 Å². The lowest BCUT2D eigenvalue weighted by molar-refractivity contribution is -0.131. The standard InChI is InChI=1S/C16H19NO4/c1-10-3-5-14(8-12(10)4-6-15(18)19)17-16(20)13-7-11(2)21-9-13/h3-6,8,11,13H,7,9H2,1-2H3,(H,17,20)(H,18,19)/b6-4+. The maximum absolute atomic E-state index is 12.1. The van der Waals surface area contributed by atoms with Gasteiger partial charge in [0, 0.05) is 11.8 Å². The smallest absolute Gasteiger partial charge is 0.328 e. The summed E-state index contributed by atoms with van der Waals surface area (Å²) in [4.78, 5) is 22.7. The first-order valence-corrected chi connectivity index (χ1v) is 6.90. The van der Waals surface area contributed by atoms with Crippen LogP contribution >= 0.6 is 0 Å². The average Bonchev–Trinajstić information content (AvgIpc) is 2.86. The SMILES string of the molecule is Cc1ccc(NC(=O)C2COC(C)C2)cc1/C=C/C(=O)O. The number of hydrogen-bond donors (Lipinski definition) is 2. The van der Waals surface area contributed by atoms with Crippen LogP contribution in [0.25, 0.3) is 6.08 Å². The number of ether oxygens (including phenoxy) is 1. The van der Waals surface area contributed by atoms with E-state index in [-0.39, 0.29) is 17.9 Å². The molecule has 0 aliphatic carbocycles. The average molecular weight is 289 g/mol. The van der Waals surface area contributed by atoms with Crippen LogP contribution in [0.5, 0.6) is 0 Å². The van der Waals surface area contributed by atoms with Crippen molar-refractivity contribution in [3.05, 3.63) is 35.4 Å². The second-order valence-corrected chi connectivity index (χ2v) is 5.31. The fraction of sp³-hybridized carbons (Fsp3) is 0.375. The highest BCUT2D eigenvalue weighted by atomic mass is 16.5. The molecular formula is C16H19NO4. The van der Waals surface area contributed by atoms with E-state index in [4.69, 9.17) is 9.84 Å². The maximum Gasteiger partial charge on any atom is 0.328 e. The maximum atomic E-state index is 12.1. The van der Waals surface area contributed by atoms with Gasteiger partial charge in [-0.2, -0.15) is 0 Å². The van der Waals surface area contributed by atoms with Crippen LogP contribution in [0, 0.1) is 12.8 Å². The summed E-state index contributed by atoms with van der Waals surface area (Å²) in [5.41, 5.74) is 2.38. The molecule has 5 nitrogen and oxygen atoms in total. The molecule has 1 aromatic carbocycles. The van der Waals surface area contributed by atoms with Gasteiger partial charge in [-0.1, -0.05) is 6.07 Å². The molecule has 1 aliphatic rings. The molecule has 1 amide bonds. The minimum absolute atomic E-state index is 0.0589. The second kappa shape index (κ2) is 6.54. The zero-order chi connectivity index (χ0) is 15.4. The predicted octanol–water partition coefficient (Wildman–Crippen LogP) is 2.46. The van der Waals surface area contributed by atoms with Crippen LogP contribution < -0.4 is 5.32 Å². The summed E-state index contributed by atoms with van der Waals surface area (Å²) in [6, 6.07) is 5.43. The van der Waals surface area contributed by atoms with Crippen molar-refractivity contribution in [2.75, 3.05) is 11.9 Å². The van der Waals surface area contributed by atoms with E-state index in [0.29, 0.717) is 12.3 Å². The summed E-state index contributed by atoms with van der Waals surface area (Å²) < 4.78 is 5.39. The van der Waals surface area contributed by atoms with Crippen molar-refractivity contribution in [3.8, 4) is 0 Å². The lowest BCUT2D eigenvalue weighted by Crippen LogP contribution is -2.23. The first-order chi connectivity index (χ1) is 9.95. The van der Waals surface area contributed by atoms with Gasteiger partial charge in [-0.15, -0.1) is 0 Å². The molecule has 2 unspecified atom stereocenters. The van der Waals surface area contributed by atoms with E-state index in [0.717, 1.165) is 23.6 Å². The third kappa shape index (κ3) is 4.16. The topological polar surface area (TPSA) is 75.6 Å². The number of carboxylic acid groups (broad SMARTS) is 1. The Balaban J connectivity index is 2.08. The quantitative estimate of drug-likeness (QED) is 0.835. The Bertz CT molecular complexity index is 580. The van der Waals surface area contributed by atoms with E-state index in [2.05, 4.69) is 5.32 Å². The number of benzene rings is 1. The molecule has 1 aliphatic heterocycles. The molecule has 21 heavy (non-hydrogen) atoms. The normalized spacial score (nSPS) is 21.6. The molecule has 1 aromatic rings. The molecule has 0 spiro atoms. The van der Waals surface area contributed by atoms with Gasteiger partial charge in [-0.25, -0.2) is 4.79 Å². The number of nitrogens with one attached hydrogen (secondary N) is 1. The van der Waals surface area contributed by atoms with Crippen LogP contribution in [0.3, 0.4) is 0 Å². The number of aryl methyl sites for hydroxylation is 1. The number of amides is 1. The Morgan fingerprint density at radius 1 is 1.43 bits per heavy atom. The predicted molar refractivity (Wildman–Crippen MR) is 80.0 cm³/mol. The minimum Gasteiger partial charge on any atom is -0.478 e. The fourth-order valence-corrected chi connectivity index (χ4v) is 2.30. The van der Waals surface area contributed by atoms with Crippen molar-refractivity contribution in [2.24, 2.45) is 5.92 Å². The largest absolute Gasteiger partial charge is 0.478 e. The highest BCUT2D eigenvalue weighted by molar-refractivity contribution is 5.93. The van der Waals surface area contributed by atoms with Gasteiger partial charge in [0.05, 0.1) is 18.6 Å². The summed E-state index contributed by atoms with van der Waals surface area (Å²) in [5.74, 6) is -1.18. The molecule has 112 valence electrons. The van der Waals surface area contributed by atoms with Crippen molar-refractivity contribution in [2.45, 2.75) is 26.4 Å². The third-order valence-corrected chi connectivity index (χ3v) is 3.52. The van der Waals surface area contributed by atoms with Gasteiger partial charge < -0.3 is 15.2 Å². The first kappa shape index (κ1) is 15.3. The van der Waals surface area contributed by atoms with E-state index in [1.165, 1.54) is 6.08 Å². The Kier molecular flexibility index (Phi) is 4.75. The number of anilines is 1. The van der Waals surface area contributed by atoms with Crippen LogP contribution in [0.15, 0.2) is 24.3 Å². The molecule has 0 radical (unpaired) electrons. The van der Waals surface area contributed by atoms with Gasteiger partial charge in [0.2, 0.25) is 5.91 Å². The second-order valence-electron chi connectivity index (χ2n) is 5.31. The van der Waals surface area contributed by atoms with E-state index >= 15 is 0 Å². The molecule has 2 atom stereocenters. The number of carbonyl (C=O) groups excluding carboxylic acids is 1. The van der Waals surface area contributed by atoms with Gasteiger partial charge in [-0.3, -0.25) is 4.79 Å². The first-order valence-electron chi connectivity index (χ1n) is 6.90. The lowest BCUT2D eigenvalue weighted by atomic mass is 10.0. The highest BCUT2D eigenvalue weighted by Gasteiger charge is 2.28. The molecule has 0 saturated carbocycles. The van der Waals surface area contributed by atoms with Gasteiger partial charge in [-0.05, 0) is 49.6 Å². The van der Waals surface area contributed by atoms with Crippen LogP contribution in [0.2, 0.25) is 0 Å². The van der Waals surface area contributed by atoms with Gasteiger partial charge in [0.15, 0.2) is 0 Å². The van der Waals surface area contributed by atoms with E-state index < -0.39 is 5.97 Å². The van der Waals surface area contributed by atoms with Crippen LogP contribution in [-0.4, -0.2) is 29.7 Å². The molecule has 0 aromatic heterocycles. The van der Waals surface area contributed by atoms with Crippen LogP contribution in [-0.2, 0) is 14.3 Å². The number of hydrogen-bond acceptors (Lipinski definition) is 3. The van der Waals surface area contributed by atoms with Gasteiger partial charge in [0.25, 0.3) is 0 Å². The Labute approximate surface area is 123 Å². The van der Waals surface area contributed by atoms with Crippen LogP contribution in [0.1, 0.15) is 24.5 Å². The summed E-state index contributed by atoms with van der Waals surface area (Å²) in [7, 11) is 0. The van der Waals surface area contributed by atoms with Crippen molar-refractivity contribution in [3.63, 3.8) is 0 Å². The molecule has 0 bridgehead atoms. The number of aliphatic carboxylic acids is 1. The zero-order valence-electron chi connectivity index (χ0n) is 12.1. The molecule has 5 heteroatoms. The number of rotatable bonds is 4. The summed E-state index contributed by atoms with van der Waals surface area (Å²) in [6.07, 6.45) is 3.45. The lowest BCUT2D eigenvalue weighted by Gasteiger charge is -2.11. The van der Waals surface area contributed by atoms with E-state index in [1.807, 2.05) is 26.0 Å². The van der Waals surface area contributed by atoms with Crippen molar-refractivity contribution in [1.29, 1.82) is 0 Å². The van der Waals surface area contributed by atoms with E-state index in [9.17, 15) is 9.59 Å². The Morgan fingerprint density at radius 3 is 2.81 bits per heavy atom. The number of carbonyl (C=O) groups is 2. The number of carboxylic acids is 1. The van der Waals surface area contributed by atoms with Crippen LogP contribution in [0.4, 0.5) is 5.69 Å². The summed E-state index contributed by atoms with van der Waals surface area (Å²) in [6.45, 7) is 4.29. The fourth-order valence-electron chi connectivity index (χ4n) is 2.30. The van der Waals surface area contributed by atoms with E-state index in [1.54, 1.807) is 6.07 Å². The molecule has 2 rings (SSSR count). The molecule has 1 saturated heterocycles. The molecular weight excluding hydrogens is 270 g/mol.